The van der Waals surface area contributed by atoms with Crippen LogP contribution in [0.15, 0.2) is 46.9 Å². The molecule has 0 unspecified atom stereocenters. The molecule has 0 bridgehead atoms. The van der Waals surface area contributed by atoms with E-state index in [2.05, 4.69) is 52.4 Å². The Labute approximate surface area is 138 Å². The summed E-state index contributed by atoms with van der Waals surface area (Å²) in [6.07, 6.45) is 1.86. The van der Waals surface area contributed by atoms with Crippen LogP contribution in [0.3, 0.4) is 0 Å². The molecular weight excluding hydrogens is 350 g/mol. The highest BCUT2D eigenvalue weighted by atomic mass is 79.9. The van der Waals surface area contributed by atoms with Crippen LogP contribution >= 0.6 is 27.5 Å². The van der Waals surface area contributed by atoms with Crippen molar-refractivity contribution in [2.24, 2.45) is 0 Å². The molecule has 2 rings (SSSR count). The van der Waals surface area contributed by atoms with E-state index in [1.54, 1.807) is 12.1 Å². The summed E-state index contributed by atoms with van der Waals surface area (Å²) in [6, 6.07) is 13.7. The summed E-state index contributed by atoms with van der Waals surface area (Å²) in [5, 5.41) is 3.37. The standard InChI is InChI=1S/C17H17BrClNO/c1-12-4-2-5-13(10-12)6-3-9-20-17(21)15-11-14(18)7-8-16(15)19/h2,4-5,7-8,10-11H,3,6,9H2,1H3,(H,20,21). The molecule has 0 heterocycles. The number of halogens is 2. The predicted molar refractivity (Wildman–Crippen MR) is 91.0 cm³/mol. The molecule has 2 aromatic rings. The average molecular weight is 367 g/mol. The third-order valence-electron chi connectivity index (χ3n) is 3.18. The second-order valence-corrected chi connectivity index (χ2v) is 6.30. The normalized spacial score (nSPS) is 10.4. The number of aryl methyl sites for hydroxylation is 2. The van der Waals surface area contributed by atoms with Gasteiger partial charge < -0.3 is 5.32 Å². The van der Waals surface area contributed by atoms with Gasteiger partial charge in [0.2, 0.25) is 0 Å². The summed E-state index contributed by atoms with van der Waals surface area (Å²) in [5.41, 5.74) is 3.06. The maximum Gasteiger partial charge on any atom is 0.252 e. The molecule has 0 radical (unpaired) electrons. The molecule has 21 heavy (non-hydrogen) atoms. The quantitative estimate of drug-likeness (QED) is 0.759. The van der Waals surface area contributed by atoms with E-state index >= 15 is 0 Å². The van der Waals surface area contributed by atoms with Crippen LogP contribution in [0.25, 0.3) is 0 Å². The zero-order valence-corrected chi connectivity index (χ0v) is 14.2. The SMILES string of the molecule is Cc1cccc(CCCNC(=O)c2cc(Br)ccc2Cl)c1. The molecule has 0 aliphatic rings. The molecule has 1 amide bonds. The molecule has 0 saturated carbocycles. The summed E-state index contributed by atoms with van der Waals surface area (Å²) in [4.78, 5) is 12.1. The van der Waals surface area contributed by atoms with Gasteiger partial charge in [-0.1, -0.05) is 57.4 Å². The predicted octanol–water partition coefficient (Wildman–Crippen LogP) is 4.77. The smallest absolute Gasteiger partial charge is 0.252 e. The zero-order valence-electron chi connectivity index (χ0n) is 11.8. The average Bonchev–Trinajstić information content (AvgIpc) is 2.46. The van der Waals surface area contributed by atoms with Crippen molar-refractivity contribution in [3.05, 3.63) is 68.7 Å². The van der Waals surface area contributed by atoms with Crippen molar-refractivity contribution in [1.82, 2.24) is 5.32 Å². The van der Waals surface area contributed by atoms with Gasteiger partial charge in [-0.25, -0.2) is 0 Å². The summed E-state index contributed by atoms with van der Waals surface area (Å²) in [6.45, 7) is 2.72. The fourth-order valence-electron chi connectivity index (χ4n) is 2.13. The van der Waals surface area contributed by atoms with Gasteiger partial charge in [0.1, 0.15) is 0 Å². The molecule has 0 fully saturated rings. The van der Waals surface area contributed by atoms with Crippen molar-refractivity contribution in [2.45, 2.75) is 19.8 Å². The summed E-state index contributed by atoms with van der Waals surface area (Å²) in [5.74, 6) is -0.134. The Bertz CT molecular complexity index is 642. The topological polar surface area (TPSA) is 29.1 Å². The molecule has 0 atom stereocenters. The van der Waals surface area contributed by atoms with Crippen LogP contribution in [0.5, 0.6) is 0 Å². The van der Waals surface area contributed by atoms with Crippen LogP contribution in [0.2, 0.25) is 5.02 Å². The first-order chi connectivity index (χ1) is 10.1. The number of hydrogen-bond donors (Lipinski definition) is 1. The van der Waals surface area contributed by atoms with E-state index in [0.717, 1.165) is 17.3 Å². The Hall–Kier alpha value is -1.32. The van der Waals surface area contributed by atoms with Crippen LogP contribution in [0.1, 0.15) is 27.9 Å². The van der Waals surface area contributed by atoms with Gasteiger partial charge in [0.05, 0.1) is 10.6 Å². The van der Waals surface area contributed by atoms with Crippen LogP contribution in [-0.4, -0.2) is 12.5 Å². The van der Waals surface area contributed by atoms with Crippen molar-refractivity contribution >= 4 is 33.4 Å². The van der Waals surface area contributed by atoms with Crippen LogP contribution in [-0.2, 0) is 6.42 Å². The van der Waals surface area contributed by atoms with Crippen molar-refractivity contribution in [3.63, 3.8) is 0 Å². The van der Waals surface area contributed by atoms with E-state index in [1.165, 1.54) is 11.1 Å². The molecule has 0 aliphatic heterocycles. The number of carbonyl (C=O) groups is 1. The van der Waals surface area contributed by atoms with Crippen molar-refractivity contribution < 1.29 is 4.79 Å². The Morgan fingerprint density at radius 3 is 2.81 bits per heavy atom. The Morgan fingerprint density at radius 2 is 2.05 bits per heavy atom. The number of amides is 1. The lowest BCUT2D eigenvalue weighted by atomic mass is 10.1. The molecule has 0 aromatic heterocycles. The second-order valence-electron chi connectivity index (χ2n) is 4.97. The first-order valence-corrected chi connectivity index (χ1v) is 8.02. The molecule has 110 valence electrons. The molecule has 4 heteroatoms. The number of carbonyl (C=O) groups excluding carboxylic acids is 1. The lowest BCUT2D eigenvalue weighted by Gasteiger charge is -2.07. The molecular formula is C17H17BrClNO. The first-order valence-electron chi connectivity index (χ1n) is 6.85. The summed E-state index contributed by atoms with van der Waals surface area (Å²) >= 11 is 9.38. The molecule has 0 aliphatic carbocycles. The van der Waals surface area contributed by atoms with Gasteiger partial charge in [0.15, 0.2) is 0 Å². The third-order valence-corrected chi connectivity index (χ3v) is 4.01. The number of nitrogens with one attached hydrogen (secondary N) is 1. The van der Waals surface area contributed by atoms with Gasteiger partial charge in [-0.15, -0.1) is 0 Å². The summed E-state index contributed by atoms with van der Waals surface area (Å²) < 4.78 is 0.844. The third kappa shape index (κ3) is 4.87. The fourth-order valence-corrected chi connectivity index (χ4v) is 2.69. The Balaban J connectivity index is 1.83. The van der Waals surface area contributed by atoms with E-state index in [4.69, 9.17) is 11.6 Å². The van der Waals surface area contributed by atoms with Crippen molar-refractivity contribution in [2.75, 3.05) is 6.54 Å². The molecule has 2 nitrogen and oxygen atoms in total. The van der Waals surface area contributed by atoms with Crippen molar-refractivity contribution in [3.8, 4) is 0 Å². The minimum Gasteiger partial charge on any atom is -0.352 e. The minimum atomic E-state index is -0.134. The molecule has 0 saturated heterocycles. The lowest BCUT2D eigenvalue weighted by molar-refractivity contribution is 0.0953. The van der Waals surface area contributed by atoms with E-state index in [1.807, 2.05) is 6.07 Å². The van der Waals surface area contributed by atoms with Crippen LogP contribution in [0, 0.1) is 6.92 Å². The highest BCUT2D eigenvalue weighted by Gasteiger charge is 2.10. The largest absolute Gasteiger partial charge is 0.352 e. The first kappa shape index (κ1) is 16.1. The highest BCUT2D eigenvalue weighted by molar-refractivity contribution is 9.10. The van der Waals surface area contributed by atoms with Crippen LogP contribution < -0.4 is 5.32 Å². The van der Waals surface area contributed by atoms with Gasteiger partial charge in [-0.2, -0.15) is 0 Å². The van der Waals surface area contributed by atoms with E-state index < -0.39 is 0 Å². The van der Waals surface area contributed by atoms with E-state index in [-0.39, 0.29) is 5.91 Å². The Morgan fingerprint density at radius 1 is 1.24 bits per heavy atom. The van der Waals surface area contributed by atoms with Gasteiger partial charge in [0, 0.05) is 11.0 Å². The van der Waals surface area contributed by atoms with Gasteiger partial charge in [-0.3, -0.25) is 4.79 Å². The maximum absolute atomic E-state index is 12.1. The lowest BCUT2D eigenvalue weighted by Crippen LogP contribution is -2.25. The van der Waals surface area contributed by atoms with Gasteiger partial charge in [-0.05, 0) is 43.5 Å². The van der Waals surface area contributed by atoms with Gasteiger partial charge in [0.25, 0.3) is 5.91 Å². The number of hydrogen-bond acceptors (Lipinski definition) is 1. The minimum absolute atomic E-state index is 0.134. The van der Waals surface area contributed by atoms with Gasteiger partial charge >= 0.3 is 0 Å². The molecule has 0 spiro atoms. The summed E-state index contributed by atoms with van der Waals surface area (Å²) in [7, 11) is 0. The zero-order chi connectivity index (χ0) is 15.2. The maximum atomic E-state index is 12.1. The number of rotatable bonds is 5. The van der Waals surface area contributed by atoms with E-state index in [9.17, 15) is 4.79 Å². The van der Waals surface area contributed by atoms with Crippen molar-refractivity contribution in [1.29, 1.82) is 0 Å². The number of benzene rings is 2. The second kappa shape index (κ2) is 7.62. The molecule has 2 aromatic carbocycles. The van der Waals surface area contributed by atoms with E-state index in [0.29, 0.717) is 17.1 Å². The Kier molecular flexibility index (Phi) is 5.83. The monoisotopic (exact) mass is 365 g/mol. The highest BCUT2D eigenvalue weighted by Crippen LogP contribution is 2.20. The van der Waals surface area contributed by atoms with Crippen LogP contribution in [0.4, 0.5) is 0 Å². The molecule has 1 N–H and O–H groups in total. The fraction of sp³-hybridized carbons (Fsp3) is 0.235.